The molecule has 3 N–H and O–H groups in total. The second kappa shape index (κ2) is 5.71. The lowest BCUT2D eigenvalue weighted by Gasteiger charge is -2.17. The van der Waals surface area contributed by atoms with Crippen LogP contribution in [0.2, 0.25) is 0 Å². The van der Waals surface area contributed by atoms with E-state index in [2.05, 4.69) is 5.32 Å². The SMILES string of the molecule is Cc1ccc(C(=O)NC(C)C(C)C)cc1S(N)(=O)=O. The van der Waals surface area contributed by atoms with Crippen LogP contribution in [0, 0.1) is 12.8 Å². The van der Waals surface area contributed by atoms with Gasteiger partial charge in [-0.15, -0.1) is 0 Å². The van der Waals surface area contributed by atoms with E-state index in [1.54, 1.807) is 19.1 Å². The van der Waals surface area contributed by atoms with Gasteiger partial charge in [-0.3, -0.25) is 4.79 Å². The Kier molecular flexibility index (Phi) is 4.70. The Bertz CT molecular complexity index is 580. The van der Waals surface area contributed by atoms with Gasteiger partial charge in [-0.25, -0.2) is 13.6 Å². The molecule has 19 heavy (non-hydrogen) atoms. The summed E-state index contributed by atoms with van der Waals surface area (Å²) in [6, 6.07) is 4.49. The number of hydrogen-bond donors (Lipinski definition) is 2. The molecule has 1 aromatic rings. The van der Waals surface area contributed by atoms with Crippen molar-refractivity contribution in [3.8, 4) is 0 Å². The van der Waals surface area contributed by atoms with Crippen molar-refractivity contribution in [2.24, 2.45) is 11.1 Å². The van der Waals surface area contributed by atoms with Gasteiger partial charge in [0.15, 0.2) is 0 Å². The van der Waals surface area contributed by atoms with Gasteiger partial charge >= 0.3 is 0 Å². The van der Waals surface area contributed by atoms with Crippen molar-refractivity contribution >= 4 is 15.9 Å². The summed E-state index contributed by atoms with van der Waals surface area (Å²) in [4.78, 5) is 12.0. The summed E-state index contributed by atoms with van der Waals surface area (Å²) in [5, 5.41) is 7.94. The number of carbonyl (C=O) groups is 1. The molecule has 0 aliphatic rings. The topological polar surface area (TPSA) is 89.3 Å². The minimum Gasteiger partial charge on any atom is -0.349 e. The van der Waals surface area contributed by atoms with E-state index in [-0.39, 0.29) is 16.8 Å². The lowest BCUT2D eigenvalue weighted by Crippen LogP contribution is -2.36. The van der Waals surface area contributed by atoms with Gasteiger partial charge in [-0.05, 0) is 37.5 Å². The lowest BCUT2D eigenvalue weighted by atomic mass is 10.1. The fraction of sp³-hybridized carbons (Fsp3) is 0.462. The first-order valence-electron chi connectivity index (χ1n) is 6.07. The third-order valence-electron chi connectivity index (χ3n) is 3.12. The Labute approximate surface area is 114 Å². The largest absolute Gasteiger partial charge is 0.349 e. The Hall–Kier alpha value is -1.40. The normalized spacial score (nSPS) is 13.4. The highest BCUT2D eigenvalue weighted by atomic mass is 32.2. The monoisotopic (exact) mass is 284 g/mol. The highest BCUT2D eigenvalue weighted by molar-refractivity contribution is 7.89. The molecular weight excluding hydrogens is 264 g/mol. The van der Waals surface area contributed by atoms with Gasteiger partial charge in [0.2, 0.25) is 10.0 Å². The molecule has 1 unspecified atom stereocenters. The van der Waals surface area contributed by atoms with Crippen LogP contribution in [-0.2, 0) is 10.0 Å². The lowest BCUT2D eigenvalue weighted by molar-refractivity contribution is 0.0930. The minimum absolute atomic E-state index is 0.00624. The number of primary sulfonamides is 1. The molecule has 0 saturated heterocycles. The molecule has 0 saturated carbocycles. The molecule has 0 fully saturated rings. The highest BCUT2D eigenvalue weighted by Gasteiger charge is 2.17. The van der Waals surface area contributed by atoms with E-state index in [0.717, 1.165) is 0 Å². The number of rotatable bonds is 4. The van der Waals surface area contributed by atoms with Gasteiger partial charge < -0.3 is 5.32 Å². The average molecular weight is 284 g/mol. The van der Waals surface area contributed by atoms with Crippen molar-refractivity contribution in [1.29, 1.82) is 0 Å². The molecule has 5 nitrogen and oxygen atoms in total. The molecule has 0 aliphatic heterocycles. The molecule has 1 atom stereocenters. The second-order valence-corrected chi connectivity index (χ2v) is 6.56. The minimum atomic E-state index is -3.81. The number of hydrogen-bond acceptors (Lipinski definition) is 3. The summed E-state index contributed by atoms with van der Waals surface area (Å²) in [7, 11) is -3.81. The maximum absolute atomic E-state index is 12.0. The van der Waals surface area contributed by atoms with Gasteiger partial charge in [-0.1, -0.05) is 19.9 Å². The number of carbonyl (C=O) groups excluding carboxylic acids is 1. The van der Waals surface area contributed by atoms with Crippen molar-refractivity contribution in [3.63, 3.8) is 0 Å². The molecule has 1 rings (SSSR count). The summed E-state index contributed by atoms with van der Waals surface area (Å²) in [6.45, 7) is 7.53. The summed E-state index contributed by atoms with van der Waals surface area (Å²) in [5.41, 5.74) is 0.818. The Morgan fingerprint density at radius 1 is 1.26 bits per heavy atom. The predicted octanol–water partition coefficient (Wildman–Crippen LogP) is 1.42. The van der Waals surface area contributed by atoms with Crippen LogP contribution in [0.3, 0.4) is 0 Å². The van der Waals surface area contributed by atoms with Crippen molar-refractivity contribution in [2.45, 2.75) is 38.6 Å². The Balaban J connectivity index is 3.07. The van der Waals surface area contributed by atoms with Crippen LogP contribution >= 0.6 is 0 Å². The van der Waals surface area contributed by atoms with E-state index < -0.39 is 10.0 Å². The van der Waals surface area contributed by atoms with Gasteiger partial charge in [0.05, 0.1) is 4.90 Å². The molecule has 6 heteroatoms. The molecule has 0 aromatic heterocycles. The fourth-order valence-electron chi connectivity index (χ4n) is 1.50. The van der Waals surface area contributed by atoms with E-state index in [1.165, 1.54) is 6.07 Å². The van der Waals surface area contributed by atoms with Crippen molar-refractivity contribution < 1.29 is 13.2 Å². The first-order valence-corrected chi connectivity index (χ1v) is 7.62. The molecule has 0 spiro atoms. The maximum Gasteiger partial charge on any atom is 0.251 e. The smallest absolute Gasteiger partial charge is 0.251 e. The van der Waals surface area contributed by atoms with Crippen LogP contribution in [0.4, 0.5) is 0 Å². The number of sulfonamides is 1. The van der Waals surface area contributed by atoms with E-state index in [0.29, 0.717) is 17.0 Å². The first kappa shape index (κ1) is 15.7. The summed E-state index contributed by atoms with van der Waals surface area (Å²) >= 11 is 0. The van der Waals surface area contributed by atoms with E-state index >= 15 is 0 Å². The number of nitrogens with one attached hydrogen (secondary N) is 1. The van der Waals surface area contributed by atoms with E-state index in [9.17, 15) is 13.2 Å². The van der Waals surface area contributed by atoms with Crippen molar-refractivity contribution in [3.05, 3.63) is 29.3 Å². The highest BCUT2D eigenvalue weighted by Crippen LogP contribution is 2.16. The quantitative estimate of drug-likeness (QED) is 0.876. The zero-order chi connectivity index (χ0) is 14.8. The third kappa shape index (κ3) is 4.04. The van der Waals surface area contributed by atoms with Crippen LogP contribution in [0.5, 0.6) is 0 Å². The number of aryl methyl sites for hydroxylation is 1. The van der Waals surface area contributed by atoms with Crippen LogP contribution in [0.15, 0.2) is 23.1 Å². The summed E-state index contributed by atoms with van der Waals surface area (Å²) in [6.07, 6.45) is 0. The second-order valence-electron chi connectivity index (χ2n) is 5.03. The number of benzene rings is 1. The van der Waals surface area contributed by atoms with Crippen LogP contribution < -0.4 is 10.5 Å². The fourth-order valence-corrected chi connectivity index (χ4v) is 2.31. The maximum atomic E-state index is 12.0. The molecule has 0 radical (unpaired) electrons. The van der Waals surface area contributed by atoms with Gasteiger partial charge in [-0.2, -0.15) is 0 Å². The number of amides is 1. The van der Waals surface area contributed by atoms with Gasteiger partial charge in [0.25, 0.3) is 5.91 Å². The summed E-state index contributed by atoms with van der Waals surface area (Å²) < 4.78 is 22.8. The van der Waals surface area contributed by atoms with Crippen LogP contribution in [0.1, 0.15) is 36.7 Å². The molecular formula is C13H20N2O3S. The zero-order valence-corrected chi connectivity index (χ0v) is 12.4. The Morgan fingerprint density at radius 2 is 1.84 bits per heavy atom. The average Bonchev–Trinajstić information content (AvgIpc) is 2.27. The molecule has 0 bridgehead atoms. The van der Waals surface area contributed by atoms with Crippen LogP contribution in [-0.4, -0.2) is 20.4 Å². The molecule has 1 aromatic carbocycles. The molecule has 1 amide bonds. The van der Waals surface area contributed by atoms with Crippen molar-refractivity contribution in [2.75, 3.05) is 0 Å². The standard InChI is InChI=1S/C13H20N2O3S/c1-8(2)10(4)15-13(16)11-6-5-9(3)12(7-11)19(14,17)18/h5-8,10H,1-4H3,(H,15,16)(H2,14,17,18). The predicted molar refractivity (Wildman–Crippen MR) is 74.3 cm³/mol. The first-order chi connectivity index (χ1) is 8.62. The third-order valence-corrected chi connectivity index (χ3v) is 4.17. The van der Waals surface area contributed by atoms with E-state index in [4.69, 9.17) is 5.14 Å². The molecule has 0 heterocycles. The zero-order valence-electron chi connectivity index (χ0n) is 11.6. The van der Waals surface area contributed by atoms with Crippen molar-refractivity contribution in [1.82, 2.24) is 5.32 Å². The van der Waals surface area contributed by atoms with Gasteiger partial charge in [0.1, 0.15) is 0 Å². The number of nitrogens with two attached hydrogens (primary N) is 1. The summed E-state index contributed by atoms with van der Waals surface area (Å²) in [5.74, 6) is -0.00166. The molecule has 106 valence electrons. The Morgan fingerprint density at radius 3 is 2.32 bits per heavy atom. The van der Waals surface area contributed by atoms with E-state index in [1.807, 2.05) is 20.8 Å². The molecule has 0 aliphatic carbocycles. The van der Waals surface area contributed by atoms with Gasteiger partial charge in [0, 0.05) is 11.6 Å². The van der Waals surface area contributed by atoms with Crippen LogP contribution in [0.25, 0.3) is 0 Å².